The highest BCUT2D eigenvalue weighted by atomic mass is 79.9. The molecule has 0 amide bonds. The van der Waals surface area contributed by atoms with Crippen molar-refractivity contribution in [3.05, 3.63) is 94.0 Å². The van der Waals surface area contributed by atoms with E-state index in [0.717, 1.165) is 22.8 Å². The highest BCUT2D eigenvalue weighted by Crippen LogP contribution is 2.23. The molecule has 22 nitrogen and oxygen atoms in total. The Labute approximate surface area is 469 Å². The Hall–Kier alpha value is -4.53. The zero-order valence-corrected chi connectivity index (χ0v) is 50.9. The van der Waals surface area contributed by atoms with Crippen LogP contribution < -0.4 is 22.1 Å². The van der Waals surface area contributed by atoms with Crippen LogP contribution in [0.25, 0.3) is 24.3 Å². The number of nitrogen functional groups attached to an aromatic ring is 2. The monoisotopic (exact) mass is 1220 g/mol. The van der Waals surface area contributed by atoms with E-state index in [-0.39, 0.29) is 11.9 Å². The number of aryl methyl sites for hydroxylation is 2. The van der Waals surface area contributed by atoms with Gasteiger partial charge in [0.1, 0.15) is 9.21 Å². The van der Waals surface area contributed by atoms with E-state index in [1.165, 1.54) is 0 Å². The van der Waals surface area contributed by atoms with Gasteiger partial charge < -0.3 is 67.6 Å². The van der Waals surface area contributed by atoms with Crippen molar-refractivity contribution in [2.75, 3.05) is 129 Å². The number of ether oxygens (including phenoxy) is 4. The van der Waals surface area contributed by atoms with E-state index in [2.05, 4.69) is 98.7 Å². The first-order valence-electron chi connectivity index (χ1n) is 25.0. The van der Waals surface area contributed by atoms with E-state index in [4.69, 9.17) is 66.9 Å². The molecule has 4 aromatic heterocycles. The van der Waals surface area contributed by atoms with Crippen LogP contribution >= 0.6 is 31.9 Å². The summed E-state index contributed by atoms with van der Waals surface area (Å²) >= 11 is 6.30. The number of halogens is 2. The van der Waals surface area contributed by atoms with Gasteiger partial charge in [-0.05, 0) is 129 Å². The topological polar surface area (TPSA) is 272 Å². The summed E-state index contributed by atoms with van der Waals surface area (Å²) in [7, 11) is -2.31. The van der Waals surface area contributed by atoms with Crippen molar-refractivity contribution < 1.29 is 45.5 Å². The molecule has 26 heteroatoms. The summed E-state index contributed by atoms with van der Waals surface area (Å²) in [5.74, 6) is 1.62. The lowest BCUT2D eigenvalue weighted by Gasteiger charge is -2.28. The van der Waals surface area contributed by atoms with Crippen LogP contribution in [0.2, 0.25) is 12.1 Å². The van der Waals surface area contributed by atoms with Crippen LogP contribution in [0.1, 0.15) is 75.7 Å². The molecule has 424 valence electrons. The van der Waals surface area contributed by atoms with Crippen LogP contribution in [0.15, 0.2) is 59.8 Å². The molecule has 6 N–H and O–H groups in total. The molecule has 0 aromatic carbocycles. The van der Waals surface area contributed by atoms with Gasteiger partial charge >= 0.3 is 17.6 Å². The number of nitrogens with one attached hydrogen (secondary N) is 2. The molecule has 76 heavy (non-hydrogen) atoms. The largest absolute Gasteiger partial charge is 0.501 e. The minimum atomic E-state index is -2.80. The molecule has 0 aliphatic carbocycles. The lowest BCUT2D eigenvalue weighted by molar-refractivity contribution is 0.0706. The van der Waals surface area contributed by atoms with Crippen molar-refractivity contribution in [1.29, 1.82) is 0 Å². The maximum Gasteiger partial charge on any atom is 0.501 e. The lowest BCUT2D eigenvalue weighted by Crippen LogP contribution is -2.46. The molecule has 0 atom stereocenters. The van der Waals surface area contributed by atoms with Gasteiger partial charge in [-0.25, -0.2) is 39.9 Å². The summed E-state index contributed by atoms with van der Waals surface area (Å²) in [6.45, 7) is 34.1. The van der Waals surface area contributed by atoms with Crippen molar-refractivity contribution in [3.8, 4) is 0 Å². The zero-order valence-electron chi connectivity index (χ0n) is 45.7. The summed E-state index contributed by atoms with van der Waals surface area (Å²) in [5.41, 5.74) is 15.4. The molecule has 4 heterocycles. The molecule has 0 radical (unpaired) electrons. The molecular formula is C50H82Br2N12O10Si2. The van der Waals surface area contributed by atoms with E-state index in [1.54, 1.807) is 50.7 Å². The molecule has 0 fully saturated rings. The molecule has 0 saturated heterocycles. The normalized spacial score (nSPS) is 11.0. The zero-order chi connectivity index (χ0) is 56.5. The van der Waals surface area contributed by atoms with Gasteiger partial charge in [0.15, 0.2) is 0 Å². The summed E-state index contributed by atoms with van der Waals surface area (Å²) in [5, 5.41) is 6.38. The van der Waals surface area contributed by atoms with E-state index >= 15 is 0 Å². The molecular weight excluding hydrogens is 1140 g/mol. The van der Waals surface area contributed by atoms with Crippen molar-refractivity contribution >= 4 is 97.6 Å². The third-order valence-corrected chi connectivity index (χ3v) is 16.3. The number of nitrogens with two attached hydrogens (primary N) is 2. The lowest BCUT2D eigenvalue weighted by atomic mass is 10.2. The molecule has 4 aromatic rings. The van der Waals surface area contributed by atoms with Crippen LogP contribution in [0.4, 0.5) is 23.8 Å². The average molecular weight is 1230 g/mol. The number of aromatic nitrogens is 8. The van der Waals surface area contributed by atoms with Crippen molar-refractivity contribution in [2.45, 2.75) is 66.5 Å². The van der Waals surface area contributed by atoms with Crippen LogP contribution in [-0.2, 0) is 58.3 Å². The van der Waals surface area contributed by atoms with Crippen molar-refractivity contribution in [3.63, 3.8) is 0 Å². The molecule has 0 spiro atoms. The molecule has 0 unspecified atom stereocenters. The predicted molar refractivity (Wildman–Crippen MR) is 313 cm³/mol. The number of nitrogens with zero attached hydrogens (tertiary/aromatic N) is 8. The molecule has 4 rings (SSSR count). The highest BCUT2D eigenvalue weighted by molar-refractivity contribution is 9.11. The maximum absolute atomic E-state index is 6.04. The summed E-state index contributed by atoms with van der Waals surface area (Å²) < 4.78 is 58.4. The number of hydrogen-bond acceptors (Lipinski definition) is 22. The van der Waals surface area contributed by atoms with Gasteiger partial charge in [0, 0.05) is 96.5 Å². The Morgan fingerprint density at radius 2 is 0.789 bits per heavy atom. The third kappa shape index (κ3) is 30.4. The number of anilines is 4. The maximum atomic E-state index is 6.04. The van der Waals surface area contributed by atoms with Gasteiger partial charge in [-0.3, -0.25) is 0 Å². The minimum absolute atomic E-state index is 0.248. The standard InChI is InChI=1S/C25H51N3O8Si2.C13H19N3O2.C8H9N3.C4H3Br2N3/c1-8-31-37(32-9-2,33-10-3)20-14-23-22-24(15-21-38(34-11-4,35-12-5)36-13-6)28-25(27-23)26-16-17-30-19-18-29-7;1-4-11-10-12(5-2)16-13(15-11)14-6-7-18-9-8-17-3;1-3-6-5-7(4-2)11-8(9)10-6;5-2-1-3(6)9-4(7)8-2/h22H,8-21H2,1-7H3,(H,26,27,28);4-5,10H,1-2,6-9H2,3H3,(H,14,15,16);3-5H,1-2H2,(H2,9,10,11);1H,(H2,7,8,9). The smallest absolute Gasteiger partial charge is 0.382 e. The molecule has 0 bridgehead atoms. The summed E-state index contributed by atoms with van der Waals surface area (Å²) in [6.07, 6.45) is 7.87. The minimum Gasteiger partial charge on any atom is -0.382 e. The Kier molecular flexibility index (Phi) is 38.8. The highest BCUT2D eigenvalue weighted by Gasteiger charge is 2.41. The van der Waals surface area contributed by atoms with Gasteiger partial charge in [-0.2, -0.15) is 0 Å². The second kappa shape index (κ2) is 42.5. The first kappa shape index (κ1) is 69.5. The van der Waals surface area contributed by atoms with E-state index in [1.807, 2.05) is 53.7 Å². The van der Waals surface area contributed by atoms with Gasteiger partial charge in [-0.15, -0.1) is 0 Å². The van der Waals surface area contributed by atoms with Crippen molar-refractivity contribution in [1.82, 2.24) is 39.9 Å². The fraction of sp³-hybridized carbons (Fsp3) is 0.520. The second-order valence-electron chi connectivity index (χ2n) is 15.0. The van der Waals surface area contributed by atoms with Gasteiger partial charge in [-0.1, -0.05) is 26.3 Å². The Balaban J connectivity index is 0.000000613. The second-order valence-corrected chi connectivity index (χ2v) is 22.1. The molecule has 0 aliphatic heterocycles. The number of hydrogen-bond donors (Lipinski definition) is 4. The van der Waals surface area contributed by atoms with E-state index in [9.17, 15) is 0 Å². The Bertz CT molecular complexity index is 2060. The third-order valence-electron chi connectivity index (χ3n) is 9.38. The first-order chi connectivity index (χ1) is 36.7. The van der Waals surface area contributed by atoms with E-state index in [0.29, 0.717) is 150 Å². The predicted octanol–water partition coefficient (Wildman–Crippen LogP) is 8.50. The Morgan fingerprint density at radius 3 is 1.11 bits per heavy atom. The van der Waals surface area contributed by atoms with Crippen molar-refractivity contribution in [2.24, 2.45) is 0 Å². The van der Waals surface area contributed by atoms with Gasteiger partial charge in [0.25, 0.3) is 0 Å². The summed E-state index contributed by atoms with van der Waals surface area (Å²) in [4.78, 5) is 33.5. The average Bonchev–Trinajstić information content (AvgIpc) is 3.39. The SMILES string of the molecule is C=Cc1cc(C=C)nc(N)n1.C=Cc1cc(C=C)nc(NCCOCCOC)n1.CCO[Si](CCc1cc(CC[Si](OCC)(OCC)OCC)nc(NCCOCCOC)n1)(OCC)OCC.Nc1nc(Br)cc(Br)n1. The van der Waals surface area contributed by atoms with Gasteiger partial charge in [0.2, 0.25) is 23.8 Å². The van der Waals surface area contributed by atoms with Crippen LogP contribution in [0.3, 0.4) is 0 Å². The Morgan fingerprint density at radius 1 is 0.461 bits per heavy atom. The number of methoxy groups -OCH3 is 2. The summed E-state index contributed by atoms with van der Waals surface area (Å²) in [6, 6.07) is 8.60. The van der Waals surface area contributed by atoms with Crippen LogP contribution in [0, 0.1) is 0 Å². The fourth-order valence-electron chi connectivity index (χ4n) is 6.31. The quantitative estimate of drug-likeness (QED) is 0.0189. The molecule has 0 aliphatic rings. The molecule has 0 saturated carbocycles. The number of rotatable bonds is 36. The first-order valence-corrected chi connectivity index (χ1v) is 30.4. The van der Waals surface area contributed by atoms with Crippen LogP contribution in [0.5, 0.6) is 0 Å². The van der Waals surface area contributed by atoms with E-state index < -0.39 is 17.6 Å². The fourth-order valence-corrected chi connectivity index (χ4v) is 12.5. The van der Waals surface area contributed by atoms with Crippen LogP contribution in [-0.4, -0.2) is 164 Å². The van der Waals surface area contributed by atoms with Gasteiger partial charge in [0.05, 0.1) is 62.4 Å².